The fourth-order valence-corrected chi connectivity index (χ4v) is 3.16. The van der Waals surface area contributed by atoms with Crippen molar-refractivity contribution in [2.24, 2.45) is 0 Å². The van der Waals surface area contributed by atoms with Gasteiger partial charge >= 0.3 is 23.9 Å². The van der Waals surface area contributed by atoms with Gasteiger partial charge in [0, 0.05) is 24.8 Å². The number of hydrogen-bond donors (Lipinski definition) is 1. The minimum absolute atomic E-state index is 0.00449. The molecular weight excluding hydrogens is 576 g/mol. The van der Waals surface area contributed by atoms with Crippen LogP contribution in [0.2, 0.25) is 0 Å². The summed E-state index contributed by atoms with van der Waals surface area (Å²) in [5.41, 5.74) is 1.44. The van der Waals surface area contributed by atoms with Crippen molar-refractivity contribution >= 4 is 23.9 Å². The second-order valence-corrected chi connectivity index (χ2v) is 8.10. The van der Waals surface area contributed by atoms with Crippen LogP contribution in [-0.2, 0) is 14.2 Å². The lowest BCUT2D eigenvalue weighted by Gasteiger charge is -2.10. The van der Waals surface area contributed by atoms with Crippen LogP contribution in [0.5, 0.6) is 23.0 Å². The van der Waals surface area contributed by atoms with Crippen molar-refractivity contribution in [3.63, 3.8) is 0 Å². The molecule has 0 aliphatic carbocycles. The van der Waals surface area contributed by atoms with E-state index in [1.165, 1.54) is 84.3 Å². The number of carbonyl (C=O) groups excluding carboxylic acids is 4. The highest BCUT2D eigenvalue weighted by Gasteiger charge is 2.15. The SMILES string of the molecule is COC(=O)c1ccc(O)c(OC)c1.COC(=O)c1ccc(OC(=O)c2cccnc2)c(OC)c1.COC(=O)c1cccnc1. The van der Waals surface area contributed by atoms with E-state index in [1.54, 1.807) is 36.7 Å². The number of benzene rings is 2. The summed E-state index contributed by atoms with van der Waals surface area (Å²) in [6.45, 7) is 0. The van der Waals surface area contributed by atoms with Gasteiger partial charge in [0.15, 0.2) is 23.0 Å². The predicted octanol–water partition coefficient (Wildman–Crippen LogP) is 4.15. The Hall–Kier alpha value is -5.98. The van der Waals surface area contributed by atoms with E-state index in [9.17, 15) is 24.3 Å². The maximum Gasteiger partial charge on any atom is 0.345 e. The molecule has 1 N–H and O–H groups in total. The van der Waals surface area contributed by atoms with Crippen molar-refractivity contribution in [3.8, 4) is 23.0 Å². The number of aromatic nitrogens is 2. The zero-order chi connectivity index (χ0) is 32.5. The van der Waals surface area contributed by atoms with E-state index in [-0.39, 0.29) is 29.0 Å². The summed E-state index contributed by atoms with van der Waals surface area (Å²) in [5.74, 6) is -1.16. The third-order valence-corrected chi connectivity index (χ3v) is 5.37. The zero-order valence-electron chi connectivity index (χ0n) is 24.5. The average Bonchev–Trinajstić information content (AvgIpc) is 3.08. The third kappa shape index (κ3) is 10.1. The van der Waals surface area contributed by atoms with Crippen LogP contribution in [0.25, 0.3) is 0 Å². The molecule has 0 unspecified atom stereocenters. The van der Waals surface area contributed by atoms with Crippen molar-refractivity contribution in [2.75, 3.05) is 35.5 Å². The lowest BCUT2D eigenvalue weighted by atomic mass is 10.2. The standard InChI is InChI=1S/C15H13NO5.C9H10O4.C7H7NO2/c1-19-13-8-10(14(17)20-2)5-6-12(13)21-15(18)11-4-3-7-16-9-11;1-12-8-5-6(9(11)13-2)3-4-7(8)10;1-10-7(9)6-3-2-4-8-5-6/h3-9H,1-2H3;3-5,10H,1-2H3;2-5H,1H3. The van der Waals surface area contributed by atoms with E-state index >= 15 is 0 Å². The molecule has 44 heavy (non-hydrogen) atoms. The van der Waals surface area contributed by atoms with Gasteiger partial charge in [0.25, 0.3) is 0 Å². The molecular formula is C31H30N2O11. The lowest BCUT2D eigenvalue weighted by Crippen LogP contribution is -2.10. The number of ether oxygens (including phenoxy) is 6. The molecule has 230 valence electrons. The van der Waals surface area contributed by atoms with Crippen LogP contribution >= 0.6 is 0 Å². The molecule has 2 heterocycles. The maximum atomic E-state index is 11.9. The minimum Gasteiger partial charge on any atom is -0.504 e. The summed E-state index contributed by atoms with van der Waals surface area (Å²) in [5, 5.41) is 9.21. The van der Waals surface area contributed by atoms with Crippen LogP contribution in [0.3, 0.4) is 0 Å². The number of rotatable bonds is 7. The first-order chi connectivity index (χ1) is 21.2. The summed E-state index contributed by atoms with van der Waals surface area (Å²) in [6, 6.07) is 15.2. The number of hydrogen-bond acceptors (Lipinski definition) is 13. The Balaban J connectivity index is 0.000000250. The van der Waals surface area contributed by atoms with Crippen molar-refractivity contribution in [1.29, 1.82) is 0 Å². The second-order valence-electron chi connectivity index (χ2n) is 8.10. The van der Waals surface area contributed by atoms with Gasteiger partial charge in [-0.2, -0.15) is 0 Å². The third-order valence-electron chi connectivity index (χ3n) is 5.37. The first kappa shape index (κ1) is 34.2. The van der Waals surface area contributed by atoms with Gasteiger partial charge in [-0.1, -0.05) is 0 Å². The Labute approximate surface area is 252 Å². The topological polar surface area (TPSA) is 170 Å². The van der Waals surface area contributed by atoms with Gasteiger partial charge < -0.3 is 33.5 Å². The maximum absolute atomic E-state index is 11.9. The second kappa shape index (κ2) is 17.7. The number of aromatic hydroxyl groups is 1. The fourth-order valence-electron chi connectivity index (χ4n) is 3.16. The van der Waals surface area contributed by atoms with E-state index in [4.69, 9.17) is 14.2 Å². The van der Waals surface area contributed by atoms with E-state index < -0.39 is 17.9 Å². The van der Waals surface area contributed by atoms with Crippen LogP contribution in [0.4, 0.5) is 0 Å². The Kier molecular flexibility index (Phi) is 13.8. The molecule has 2 aromatic heterocycles. The van der Waals surface area contributed by atoms with E-state index in [0.717, 1.165) is 0 Å². The average molecular weight is 607 g/mol. The zero-order valence-corrected chi connectivity index (χ0v) is 24.5. The van der Waals surface area contributed by atoms with Gasteiger partial charge in [0.1, 0.15) is 0 Å². The molecule has 0 atom stereocenters. The highest BCUT2D eigenvalue weighted by molar-refractivity contribution is 5.93. The van der Waals surface area contributed by atoms with Gasteiger partial charge in [0.05, 0.1) is 57.8 Å². The molecule has 0 saturated heterocycles. The number of pyridine rings is 2. The van der Waals surface area contributed by atoms with Crippen molar-refractivity contribution in [1.82, 2.24) is 9.97 Å². The van der Waals surface area contributed by atoms with Crippen LogP contribution in [0, 0.1) is 0 Å². The van der Waals surface area contributed by atoms with Crippen molar-refractivity contribution in [3.05, 3.63) is 108 Å². The van der Waals surface area contributed by atoms with Gasteiger partial charge in [-0.25, -0.2) is 19.2 Å². The number of esters is 4. The molecule has 13 nitrogen and oxygen atoms in total. The van der Waals surface area contributed by atoms with Gasteiger partial charge in [-0.15, -0.1) is 0 Å². The lowest BCUT2D eigenvalue weighted by molar-refractivity contribution is 0.0591. The largest absolute Gasteiger partial charge is 0.504 e. The number of phenolic OH excluding ortho intramolecular Hbond substituents is 1. The summed E-state index contributed by atoms with van der Waals surface area (Å²) >= 11 is 0. The molecule has 0 saturated carbocycles. The molecule has 0 amide bonds. The minimum atomic E-state index is -0.563. The Morgan fingerprint density at radius 3 is 1.45 bits per heavy atom. The van der Waals surface area contributed by atoms with Crippen LogP contribution in [0.1, 0.15) is 41.4 Å². The van der Waals surface area contributed by atoms with Crippen LogP contribution in [-0.4, -0.2) is 74.5 Å². The molecule has 0 bridgehead atoms. The molecule has 0 spiro atoms. The molecule has 0 fully saturated rings. The van der Waals surface area contributed by atoms with Gasteiger partial charge in [-0.05, 0) is 60.7 Å². The first-order valence-corrected chi connectivity index (χ1v) is 12.5. The van der Waals surface area contributed by atoms with Crippen LogP contribution < -0.4 is 14.2 Å². The summed E-state index contributed by atoms with van der Waals surface area (Å²) < 4.78 is 28.7. The fraction of sp³-hybridized carbons (Fsp3) is 0.161. The molecule has 0 aliphatic heterocycles. The summed E-state index contributed by atoms with van der Waals surface area (Å²) in [6.07, 6.45) is 6.03. The molecule has 4 rings (SSSR count). The highest BCUT2D eigenvalue weighted by Crippen LogP contribution is 2.29. The van der Waals surface area contributed by atoms with Gasteiger partial charge in [0.2, 0.25) is 0 Å². The highest BCUT2D eigenvalue weighted by atomic mass is 16.6. The Bertz CT molecular complexity index is 1550. The molecule has 0 aliphatic rings. The van der Waals surface area contributed by atoms with E-state index in [2.05, 4.69) is 24.2 Å². The van der Waals surface area contributed by atoms with Crippen LogP contribution in [0.15, 0.2) is 85.5 Å². The Morgan fingerprint density at radius 1 is 0.545 bits per heavy atom. The normalized spacial score (nSPS) is 9.48. The molecule has 4 aromatic rings. The molecule has 2 aromatic carbocycles. The summed E-state index contributed by atoms with van der Waals surface area (Å²) in [7, 11) is 6.75. The monoisotopic (exact) mass is 606 g/mol. The molecule has 13 heteroatoms. The number of methoxy groups -OCH3 is 5. The van der Waals surface area contributed by atoms with E-state index in [1.807, 2.05) is 0 Å². The number of nitrogens with zero attached hydrogens (tertiary/aromatic N) is 2. The predicted molar refractivity (Wildman–Crippen MR) is 155 cm³/mol. The smallest absolute Gasteiger partial charge is 0.345 e. The van der Waals surface area contributed by atoms with Crippen molar-refractivity contribution in [2.45, 2.75) is 0 Å². The van der Waals surface area contributed by atoms with Gasteiger partial charge in [-0.3, -0.25) is 9.97 Å². The first-order valence-electron chi connectivity index (χ1n) is 12.5. The number of phenols is 1. The summed E-state index contributed by atoms with van der Waals surface area (Å²) in [4.78, 5) is 52.8. The van der Waals surface area contributed by atoms with Crippen molar-refractivity contribution < 1.29 is 52.7 Å². The van der Waals surface area contributed by atoms with E-state index in [0.29, 0.717) is 22.3 Å². The molecule has 0 radical (unpaired) electrons. The Morgan fingerprint density at radius 2 is 1.00 bits per heavy atom. The quantitative estimate of drug-likeness (QED) is 0.181. The number of carbonyl (C=O) groups is 4.